The fraction of sp³-hybridized carbons (Fsp3) is 0.267. The highest BCUT2D eigenvalue weighted by Gasteiger charge is 2.17. The number of aromatic nitrogens is 1. The normalized spacial score (nSPS) is 12.2. The smallest absolute Gasteiger partial charge is 0.128 e. The molecule has 1 aromatic carbocycles. The summed E-state index contributed by atoms with van der Waals surface area (Å²) in [4.78, 5) is 6.07. The molecule has 2 aromatic rings. The number of anilines is 1. The quantitative estimate of drug-likeness (QED) is 0.781. The molecule has 100 valence electrons. The second kappa shape index (κ2) is 6.02. The van der Waals surface area contributed by atoms with Crippen molar-refractivity contribution in [3.63, 3.8) is 0 Å². The molecule has 0 saturated carbocycles. The Morgan fingerprint density at radius 3 is 2.74 bits per heavy atom. The molecule has 0 aliphatic carbocycles. The van der Waals surface area contributed by atoms with Crippen molar-refractivity contribution in [2.45, 2.75) is 18.8 Å². The maximum absolute atomic E-state index is 13.8. The van der Waals surface area contributed by atoms with E-state index in [9.17, 15) is 4.39 Å². The monoisotopic (exact) mass is 278 g/mol. The third-order valence-corrected chi connectivity index (χ3v) is 3.63. The van der Waals surface area contributed by atoms with Crippen molar-refractivity contribution in [2.75, 3.05) is 11.9 Å². The number of nitrogens with zero attached hydrogens (tertiary/aromatic N) is 2. The van der Waals surface area contributed by atoms with E-state index >= 15 is 0 Å². The Kier molecular flexibility index (Phi) is 4.38. The molecule has 1 atom stereocenters. The highest BCUT2D eigenvalue weighted by atomic mass is 35.5. The van der Waals surface area contributed by atoms with Crippen LogP contribution in [0.25, 0.3) is 0 Å². The standard InChI is InChI=1S/C15H16ClFN2/c1-11(13-5-3-4-6-14(13)17)19(2)15-7-8-18-10-12(15)9-16/h3-8,10-11H,9H2,1-2H3. The third-order valence-electron chi connectivity index (χ3n) is 3.34. The Morgan fingerprint density at radius 1 is 1.32 bits per heavy atom. The van der Waals surface area contributed by atoms with E-state index in [1.165, 1.54) is 6.07 Å². The van der Waals surface area contributed by atoms with Gasteiger partial charge in [-0.2, -0.15) is 0 Å². The molecule has 0 radical (unpaired) electrons. The Balaban J connectivity index is 2.34. The lowest BCUT2D eigenvalue weighted by atomic mass is 10.1. The van der Waals surface area contributed by atoms with Crippen molar-refractivity contribution in [2.24, 2.45) is 0 Å². The zero-order valence-electron chi connectivity index (χ0n) is 11.0. The topological polar surface area (TPSA) is 16.1 Å². The molecule has 0 bridgehead atoms. The Morgan fingerprint density at radius 2 is 2.05 bits per heavy atom. The molecule has 1 heterocycles. The van der Waals surface area contributed by atoms with Gasteiger partial charge in [0.1, 0.15) is 5.82 Å². The van der Waals surface area contributed by atoms with Gasteiger partial charge in [-0.3, -0.25) is 4.98 Å². The molecule has 0 amide bonds. The summed E-state index contributed by atoms with van der Waals surface area (Å²) >= 11 is 5.92. The van der Waals surface area contributed by atoms with Crippen molar-refractivity contribution in [3.8, 4) is 0 Å². The van der Waals surface area contributed by atoms with Crippen molar-refractivity contribution in [1.29, 1.82) is 0 Å². The summed E-state index contributed by atoms with van der Waals surface area (Å²) in [6.45, 7) is 1.97. The van der Waals surface area contributed by atoms with E-state index in [1.54, 1.807) is 24.5 Å². The molecule has 0 aliphatic rings. The fourth-order valence-electron chi connectivity index (χ4n) is 2.10. The van der Waals surface area contributed by atoms with Crippen LogP contribution in [0.15, 0.2) is 42.7 Å². The molecule has 2 nitrogen and oxygen atoms in total. The number of hydrogen-bond donors (Lipinski definition) is 0. The van der Waals surface area contributed by atoms with Gasteiger partial charge in [0.15, 0.2) is 0 Å². The Hall–Kier alpha value is -1.61. The molecular formula is C15H16ClFN2. The SMILES string of the molecule is CC(c1ccccc1F)N(C)c1ccncc1CCl. The second-order valence-electron chi connectivity index (χ2n) is 4.45. The summed E-state index contributed by atoms with van der Waals surface area (Å²) in [7, 11) is 1.93. The minimum atomic E-state index is -0.191. The van der Waals surface area contributed by atoms with Gasteiger partial charge in [-0.05, 0) is 19.1 Å². The minimum Gasteiger partial charge on any atom is -0.367 e. The van der Waals surface area contributed by atoms with E-state index in [0.717, 1.165) is 11.3 Å². The van der Waals surface area contributed by atoms with Crippen LogP contribution < -0.4 is 4.90 Å². The summed E-state index contributed by atoms with van der Waals surface area (Å²) in [5.41, 5.74) is 2.58. The van der Waals surface area contributed by atoms with Crippen LogP contribution in [-0.2, 0) is 5.88 Å². The lowest BCUT2D eigenvalue weighted by Crippen LogP contribution is -2.23. The van der Waals surface area contributed by atoms with Crippen molar-refractivity contribution < 1.29 is 4.39 Å². The van der Waals surface area contributed by atoms with Gasteiger partial charge in [-0.25, -0.2) is 4.39 Å². The summed E-state index contributed by atoms with van der Waals surface area (Å²) < 4.78 is 13.8. The summed E-state index contributed by atoms with van der Waals surface area (Å²) in [6, 6.07) is 8.65. The fourth-order valence-corrected chi connectivity index (χ4v) is 2.30. The van der Waals surface area contributed by atoms with Crippen LogP contribution in [0.5, 0.6) is 0 Å². The van der Waals surface area contributed by atoms with Gasteiger partial charge < -0.3 is 4.90 Å². The third kappa shape index (κ3) is 2.87. The number of rotatable bonds is 4. The molecule has 2 rings (SSSR count). The molecule has 0 aliphatic heterocycles. The lowest BCUT2D eigenvalue weighted by Gasteiger charge is -2.29. The van der Waals surface area contributed by atoms with Crippen LogP contribution in [0.4, 0.5) is 10.1 Å². The van der Waals surface area contributed by atoms with Crippen LogP contribution in [0.2, 0.25) is 0 Å². The number of benzene rings is 1. The predicted octanol–water partition coefficient (Wildman–Crippen LogP) is 4.16. The molecule has 0 spiro atoms. The number of hydrogen-bond acceptors (Lipinski definition) is 2. The van der Waals surface area contributed by atoms with Crippen molar-refractivity contribution >= 4 is 17.3 Å². The highest BCUT2D eigenvalue weighted by molar-refractivity contribution is 6.17. The van der Waals surface area contributed by atoms with Gasteiger partial charge in [0.2, 0.25) is 0 Å². The van der Waals surface area contributed by atoms with E-state index in [-0.39, 0.29) is 11.9 Å². The average Bonchev–Trinajstić information content (AvgIpc) is 2.46. The number of pyridine rings is 1. The van der Waals surface area contributed by atoms with E-state index < -0.39 is 0 Å². The summed E-state index contributed by atoms with van der Waals surface area (Å²) in [5, 5.41) is 0. The van der Waals surface area contributed by atoms with Crippen LogP contribution in [-0.4, -0.2) is 12.0 Å². The molecule has 0 N–H and O–H groups in total. The Bertz CT molecular complexity index is 559. The first-order valence-electron chi connectivity index (χ1n) is 6.11. The second-order valence-corrected chi connectivity index (χ2v) is 4.71. The van der Waals surface area contributed by atoms with Crippen molar-refractivity contribution in [3.05, 3.63) is 59.7 Å². The van der Waals surface area contributed by atoms with Crippen LogP contribution in [0.1, 0.15) is 24.1 Å². The molecule has 1 aromatic heterocycles. The van der Waals surface area contributed by atoms with Gasteiger partial charge in [0, 0.05) is 36.3 Å². The average molecular weight is 279 g/mol. The largest absolute Gasteiger partial charge is 0.367 e. The van der Waals surface area contributed by atoms with E-state index in [2.05, 4.69) is 4.98 Å². The van der Waals surface area contributed by atoms with E-state index in [4.69, 9.17) is 11.6 Å². The van der Waals surface area contributed by atoms with Crippen LogP contribution >= 0.6 is 11.6 Å². The molecule has 1 unspecified atom stereocenters. The molecule has 19 heavy (non-hydrogen) atoms. The summed E-state index contributed by atoms with van der Waals surface area (Å²) in [6.07, 6.45) is 3.46. The first-order chi connectivity index (χ1) is 9.15. The molecule has 0 fully saturated rings. The highest BCUT2D eigenvalue weighted by Crippen LogP contribution is 2.29. The number of halogens is 2. The Labute approximate surface area is 117 Å². The maximum atomic E-state index is 13.8. The zero-order chi connectivity index (χ0) is 13.8. The van der Waals surface area contributed by atoms with Gasteiger partial charge in [-0.1, -0.05) is 18.2 Å². The number of alkyl halides is 1. The molecular weight excluding hydrogens is 263 g/mol. The van der Waals surface area contributed by atoms with Gasteiger partial charge in [-0.15, -0.1) is 11.6 Å². The predicted molar refractivity (Wildman–Crippen MR) is 77.0 cm³/mol. The van der Waals surface area contributed by atoms with Crippen LogP contribution in [0, 0.1) is 5.82 Å². The van der Waals surface area contributed by atoms with Crippen LogP contribution in [0.3, 0.4) is 0 Å². The zero-order valence-corrected chi connectivity index (χ0v) is 11.7. The van der Waals surface area contributed by atoms with Gasteiger partial charge in [0.05, 0.1) is 11.9 Å². The first-order valence-corrected chi connectivity index (χ1v) is 6.64. The van der Waals surface area contributed by atoms with Crippen molar-refractivity contribution in [1.82, 2.24) is 4.98 Å². The van der Waals surface area contributed by atoms with Gasteiger partial charge >= 0.3 is 0 Å². The maximum Gasteiger partial charge on any atom is 0.128 e. The van der Waals surface area contributed by atoms with E-state index in [0.29, 0.717) is 11.4 Å². The lowest BCUT2D eigenvalue weighted by molar-refractivity contribution is 0.585. The first kappa shape index (κ1) is 13.8. The van der Waals surface area contributed by atoms with E-state index in [1.807, 2.05) is 31.0 Å². The minimum absolute atomic E-state index is 0.0782. The molecule has 0 saturated heterocycles. The van der Waals surface area contributed by atoms with Gasteiger partial charge in [0.25, 0.3) is 0 Å². The summed E-state index contributed by atoms with van der Waals surface area (Å²) in [5.74, 6) is 0.195. The molecule has 4 heteroatoms.